The fourth-order valence-electron chi connectivity index (χ4n) is 2.33. The molecular formula is C12H20N4O2. The van der Waals surface area contributed by atoms with Crippen molar-refractivity contribution in [3.8, 4) is 0 Å². The second kappa shape index (κ2) is 5.95. The van der Waals surface area contributed by atoms with Crippen molar-refractivity contribution in [1.82, 2.24) is 15.5 Å². The van der Waals surface area contributed by atoms with Gasteiger partial charge in [-0.3, -0.25) is 25.2 Å². The van der Waals surface area contributed by atoms with E-state index in [2.05, 4.69) is 27.4 Å². The third-order valence-electron chi connectivity index (χ3n) is 3.25. The molecular weight excluding hydrogens is 232 g/mol. The van der Waals surface area contributed by atoms with Crippen molar-refractivity contribution in [2.45, 2.75) is 26.2 Å². The number of rotatable bonds is 4. The summed E-state index contributed by atoms with van der Waals surface area (Å²) in [6.07, 6.45) is 3.91. The van der Waals surface area contributed by atoms with Crippen LogP contribution in [-0.2, 0) is 9.59 Å². The Hall–Kier alpha value is -1.43. The lowest BCUT2D eigenvalue weighted by atomic mass is 10.1. The average molecular weight is 252 g/mol. The molecule has 6 heteroatoms. The molecule has 2 fully saturated rings. The zero-order valence-corrected chi connectivity index (χ0v) is 10.7. The van der Waals surface area contributed by atoms with Crippen LogP contribution in [0.2, 0.25) is 0 Å². The number of hydrogen-bond acceptors (Lipinski definition) is 4. The van der Waals surface area contributed by atoms with E-state index in [0.29, 0.717) is 12.5 Å². The molecule has 1 unspecified atom stereocenters. The second-order valence-electron chi connectivity index (χ2n) is 5.06. The Bertz CT molecular complexity index is 343. The molecule has 6 nitrogen and oxygen atoms in total. The van der Waals surface area contributed by atoms with Gasteiger partial charge in [-0.15, -0.1) is 0 Å². The summed E-state index contributed by atoms with van der Waals surface area (Å²) in [7, 11) is 0. The number of guanidine groups is 1. The van der Waals surface area contributed by atoms with Gasteiger partial charge in [-0.2, -0.15) is 0 Å². The van der Waals surface area contributed by atoms with Crippen LogP contribution in [0.1, 0.15) is 26.2 Å². The van der Waals surface area contributed by atoms with Gasteiger partial charge in [0.15, 0.2) is 0 Å². The van der Waals surface area contributed by atoms with E-state index < -0.39 is 11.8 Å². The number of nitrogens with zero attached hydrogens (tertiary/aromatic N) is 2. The highest BCUT2D eigenvalue weighted by atomic mass is 16.2. The highest BCUT2D eigenvalue weighted by Gasteiger charge is 2.25. The van der Waals surface area contributed by atoms with Crippen LogP contribution in [0.15, 0.2) is 4.99 Å². The molecule has 2 rings (SSSR count). The van der Waals surface area contributed by atoms with E-state index in [1.165, 1.54) is 32.4 Å². The Kier molecular flexibility index (Phi) is 4.30. The van der Waals surface area contributed by atoms with Crippen LogP contribution in [-0.4, -0.2) is 48.9 Å². The summed E-state index contributed by atoms with van der Waals surface area (Å²) in [5.41, 5.74) is 0. The molecule has 0 bridgehead atoms. The SMILES string of the molecule is CC(CN=C1NC(=O)C(=O)N1)CN1CCCCC1. The molecule has 0 aromatic heterocycles. The maximum atomic E-state index is 10.9. The lowest BCUT2D eigenvalue weighted by Crippen LogP contribution is -2.34. The minimum absolute atomic E-state index is 0.287. The predicted octanol–water partition coefficient (Wildman–Crippen LogP) is -0.290. The predicted molar refractivity (Wildman–Crippen MR) is 68.0 cm³/mol. The maximum absolute atomic E-state index is 10.9. The summed E-state index contributed by atoms with van der Waals surface area (Å²) in [4.78, 5) is 28.5. The molecule has 2 amide bonds. The Balaban J connectivity index is 1.74. The van der Waals surface area contributed by atoms with E-state index in [1.807, 2.05) is 0 Å². The molecule has 0 aliphatic carbocycles. The van der Waals surface area contributed by atoms with Crippen LogP contribution in [0.5, 0.6) is 0 Å². The van der Waals surface area contributed by atoms with E-state index in [-0.39, 0.29) is 5.96 Å². The van der Waals surface area contributed by atoms with Gasteiger partial charge in [-0.05, 0) is 31.8 Å². The molecule has 18 heavy (non-hydrogen) atoms. The smallest absolute Gasteiger partial charge is 0.303 e. The minimum atomic E-state index is -0.627. The molecule has 2 saturated heterocycles. The van der Waals surface area contributed by atoms with Gasteiger partial charge < -0.3 is 4.90 Å². The first kappa shape index (κ1) is 13.0. The number of carbonyl (C=O) groups excluding carboxylic acids is 2. The summed E-state index contributed by atoms with van der Waals surface area (Å²) in [5, 5.41) is 4.80. The van der Waals surface area contributed by atoms with Gasteiger partial charge in [-0.25, -0.2) is 0 Å². The number of hydrogen-bond donors (Lipinski definition) is 2. The molecule has 2 heterocycles. The van der Waals surface area contributed by atoms with E-state index in [9.17, 15) is 9.59 Å². The first-order valence-corrected chi connectivity index (χ1v) is 6.54. The molecule has 2 N–H and O–H groups in total. The topological polar surface area (TPSA) is 73.8 Å². The van der Waals surface area contributed by atoms with Crippen molar-refractivity contribution >= 4 is 17.8 Å². The van der Waals surface area contributed by atoms with Gasteiger partial charge in [0.1, 0.15) is 0 Å². The first-order valence-electron chi connectivity index (χ1n) is 6.54. The number of likely N-dealkylation sites (tertiary alicyclic amines) is 1. The normalized spacial score (nSPS) is 22.6. The van der Waals surface area contributed by atoms with Crippen molar-refractivity contribution in [3.05, 3.63) is 0 Å². The van der Waals surface area contributed by atoms with Crippen molar-refractivity contribution in [2.24, 2.45) is 10.9 Å². The van der Waals surface area contributed by atoms with E-state index >= 15 is 0 Å². The number of amides is 2. The van der Waals surface area contributed by atoms with Crippen LogP contribution in [0.4, 0.5) is 0 Å². The van der Waals surface area contributed by atoms with Gasteiger partial charge in [0.25, 0.3) is 0 Å². The molecule has 2 aliphatic rings. The fourth-order valence-corrected chi connectivity index (χ4v) is 2.33. The minimum Gasteiger partial charge on any atom is -0.303 e. The lowest BCUT2D eigenvalue weighted by molar-refractivity contribution is -0.135. The highest BCUT2D eigenvalue weighted by Crippen LogP contribution is 2.11. The van der Waals surface area contributed by atoms with Gasteiger partial charge in [0, 0.05) is 13.1 Å². The quantitative estimate of drug-likeness (QED) is 0.675. The fraction of sp³-hybridized carbons (Fsp3) is 0.750. The molecule has 2 aliphatic heterocycles. The third-order valence-corrected chi connectivity index (χ3v) is 3.25. The third kappa shape index (κ3) is 3.53. The van der Waals surface area contributed by atoms with Crippen molar-refractivity contribution < 1.29 is 9.59 Å². The number of carbonyl (C=O) groups is 2. The van der Waals surface area contributed by atoms with Crippen LogP contribution >= 0.6 is 0 Å². The zero-order valence-electron chi connectivity index (χ0n) is 10.7. The molecule has 0 saturated carbocycles. The Morgan fingerprint density at radius 1 is 1.17 bits per heavy atom. The van der Waals surface area contributed by atoms with Gasteiger partial charge >= 0.3 is 11.8 Å². The van der Waals surface area contributed by atoms with Crippen LogP contribution in [0.3, 0.4) is 0 Å². The molecule has 0 aromatic rings. The number of piperidine rings is 1. The Morgan fingerprint density at radius 3 is 2.39 bits per heavy atom. The molecule has 0 aromatic carbocycles. The highest BCUT2D eigenvalue weighted by molar-refractivity contribution is 6.45. The van der Waals surface area contributed by atoms with Crippen LogP contribution in [0.25, 0.3) is 0 Å². The van der Waals surface area contributed by atoms with Gasteiger partial charge in [-0.1, -0.05) is 13.3 Å². The summed E-state index contributed by atoms with van der Waals surface area (Å²) >= 11 is 0. The Morgan fingerprint density at radius 2 is 1.78 bits per heavy atom. The van der Waals surface area contributed by atoms with Crippen molar-refractivity contribution in [2.75, 3.05) is 26.2 Å². The average Bonchev–Trinajstić information content (AvgIpc) is 2.68. The maximum Gasteiger partial charge on any atom is 0.316 e. The first-order chi connectivity index (χ1) is 8.65. The number of aliphatic imine (C=N–C) groups is 1. The standard InChI is InChI=1S/C12H20N4O2/c1-9(8-16-5-3-2-4-6-16)7-13-12-14-10(17)11(18)15-12/h9H,2-8H2,1H3,(H2,13,14,15,17,18). The van der Waals surface area contributed by atoms with Crippen LogP contribution in [0, 0.1) is 5.92 Å². The second-order valence-corrected chi connectivity index (χ2v) is 5.06. The summed E-state index contributed by atoms with van der Waals surface area (Å²) in [6, 6.07) is 0. The lowest BCUT2D eigenvalue weighted by Gasteiger charge is -2.28. The zero-order chi connectivity index (χ0) is 13.0. The van der Waals surface area contributed by atoms with E-state index in [4.69, 9.17) is 0 Å². The van der Waals surface area contributed by atoms with Gasteiger partial charge in [0.05, 0.1) is 0 Å². The summed E-state index contributed by atoms with van der Waals surface area (Å²) in [6.45, 7) is 6.13. The van der Waals surface area contributed by atoms with Crippen molar-refractivity contribution in [3.63, 3.8) is 0 Å². The van der Waals surface area contributed by atoms with Crippen LogP contribution < -0.4 is 10.6 Å². The molecule has 1 atom stereocenters. The summed E-state index contributed by atoms with van der Waals surface area (Å²) < 4.78 is 0. The monoisotopic (exact) mass is 252 g/mol. The molecule has 0 radical (unpaired) electrons. The Labute approximate surface area is 107 Å². The molecule has 0 spiro atoms. The summed E-state index contributed by atoms with van der Waals surface area (Å²) in [5.74, 6) is -0.546. The number of nitrogens with one attached hydrogen (secondary N) is 2. The largest absolute Gasteiger partial charge is 0.316 e. The van der Waals surface area contributed by atoms with E-state index in [1.54, 1.807) is 0 Å². The van der Waals surface area contributed by atoms with E-state index in [0.717, 1.165) is 6.54 Å². The molecule has 100 valence electrons. The van der Waals surface area contributed by atoms with Crippen molar-refractivity contribution in [1.29, 1.82) is 0 Å². The van der Waals surface area contributed by atoms with Gasteiger partial charge in [0.2, 0.25) is 5.96 Å².